The number of hydrogen-bond donors (Lipinski definition) is 1. The molecule has 0 unspecified atom stereocenters. The molecule has 32 heavy (non-hydrogen) atoms. The smallest absolute Gasteiger partial charge is 0.243 e. The largest absolute Gasteiger partial charge is 0.333 e. The fourth-order valence-corrected chi connectivity index (χ4v) is 6.78. The van der Waals surface area contributed by atoms with Gasteiger partial charge in [-0.05, 0) is 74.1 Å². The molecular formula is C23H26N4O3S2. The van der Waals surface area contributed by atoms with Gasteiger partial charge in [0.15, 0.2) is 5.16 Å². The summed E-state index contributed by atoms with van der Waals surface area (Å²) < 4.78 is 27.4. The van der Waals surface area contributed by atoms with Crippen molar-refractivity contribution in [2.24, 2.45) is 0 Å². The van der Waals surface area contributed by atoms with Crippen LogP contribution in [0.4, 0.5) is 5.69 Å². The summed E-state index contributed by atoms with van der Waals surface area (Å²) in [5, 5.41) is 0.725. The molecule has 2 aliphatic heterocycles. The Morgan fingerprint density at radius 1 is 1.09 bits per heavy atom. The summed E-state index contributed by atoms with van der Waals surface area (Å²) in [6.07, 6.45) is 3.42. The lowest BCUT2D eigenvalue weighted by atomic mass is 10.0. The number of aromatic amines is 1. The first kappa shape index (κ1) is 21.5. The zero-order valence-corrected chi connectivity index (χ0v) is 19.6. The van der Waals surface area contributed by atoms with Crippen molar-refractivity contribution in [1.29, 1.82) is 0 Å². The van der Waals surface area contributed by atoms with Crippen molar-refractivity contribution in [3.8, 4) is 0 Å². The number of nitrogens with one attached hydrogen (secondary N) is 1. The number of imidazole rings is 1. The van der Waals surface area contributed by atoms with Gasteiger partial charge in [-0.3, -0.25) is 4.79 Å². The minimum Gasteiger partial charge on any atom is -0.333 e. The van der Waals surface area contributed by atoms with E-state index in [0.29, 0.717) is 24.5 Å². The van der Waals surface area contributed by atoms with Crippen LogP contribution in [0.2, 0.25) is 0 Å². The van der Waals surface area contributed by atoms with Gasteiger partial charge in [-0.25, -0.2) is 13.4 Å². The van der Waals surface area contributed by atoms with Crippen LogP contribution >= 0.6 is 11.8 Å². The van der Waals surface area contributed by atoms with E-state index in [2.05, 4.69) is 9.97 Å². The lowest BCUT2D eigenvalue weighted by molar-refractivity contribution is -0.116. The Kier molecular flexibility index (Phi) is 5.73. The molecule has 9 heteroatoms. The van der Waals surface area contributed by atoms with Gasteiger partial charge in [-0.2, -0.15) is 4.31 Å². The van der Waals surface area contributed by atoms with Crippen LogP contribution in [0.5, 0.6) is 0 Å². The summed E-state index contributed by atoms with van der Waals surface area (Å²) in [6.45, 7) is 3.85. The quantitative estimate of drug-likeness (QED) is 0.574. The molecule has 5 rings (SSSR count). The van der Waals surface area contributed by atoms with Crippen molar-refractivity contribution in [3.05, 3.63) is 47.5 Å². The highest BCUT2D eigenvalue weighted by Gasteiger charge is 2.29. The van der Waals surface area contributed by atoms with Crippen LogP contribution in [-0.4, -0.2) is 54.0 Å². The standard InChI is InChI=1S/C23H26N4O3S2/c1-16-6-8-19-20(13-16)25-23(24-19)31-15-22(28)27-12-4-5-17-14-18(7-9-21(17)27)32(29,30)26-10-2-3-11-26/h6-9,13-14H,2-5,10-12,15H2,1H3,(H,24,25). The van der Waals surface area contributed by atoms with Gasteiger partial charge >= 0.3 is 0 Å². The first-order valence-electron chi connectivity index (χ1n) is 10.9. The predicted molar refractivity (Wildman–Crippen MR) is 127 cm³/mol. The molecular weight excluding hydrogens is 444 g/mol. The summed E-state index contributed by atoms with van der Waals surface area (Å²) >= 11 is 1.39. The van der Waals surface area contributed by atoms with Crippen LogP contribution < -0.4 is 4.90 Å². The van der Waals surface area contributed by atoms with Crippen LogP contribution in [-0.2, 0) is 21.2 Å². The summed E-state index contributed by atoms with van der Waals surface area (Å²) in [5.41, 5.74) is 4.76. The van der Waals surface area contributed by atoms with E-state index in [0.717, 1.165) is 58.7 Å². The monoisotopic (exact) mass is 470 g/mol. The maximum atomic E-state index is 13.0. The van der Waals surface area contributed by atoms with Gasteiger partial charge in [-0.15, -0.1) is 0 Å². The number of sulfonamides is 1. The summed E-state index contributed by atoms with van der Waals surface area (Å²) in [6, 6.07) is 11.2. The van der Waals surface area contributed by atoms with Crippen LogP contribution in [0.1, 0.15) is 30.4 Å². The molecule has 0 spiro atoms. The Morgan fingerprint density at radius 3 is 2.72 bits per heavy atom. The van der Waals surface area contributed by atoms with E-state index >= 15 is 0 Å². The second-order valence-corrected chi connectivity index (χ2v) is 11.3. The number of carbonyl (C=O) groups excluding carboxylic acids is 1. The van der Waals surface area contributed by atoms with Gasteiger partial charge < -0.3 is 9.88 Å². The second-order valence-electron chi connectivity index (χ2n) is 8.40. The number of thioether (sulfide) groups is 1. The highest BCUT2D eigenvalue weighted by molar-refractivity contribution is 7.99. The number of aromatic nitrogens is 2. The van der Waals surface area contributed by atoms with E-state index in [1.54, 1.807) is 27.4 Å². The maximum Gasteiger partial charge on any atom is 0.243 e. The SMILES string of the molecule is Cc1ccc2nc(SCC(=O)N3CCCc4cc(S(=O)(=O)N5CCCC5)ccc43)[nH]c2c1. The van der Waals surface area contributed by atoms with Crippen molar-refractivity contribution >= 4 is 44.4 Å². The van der Waals surface area contributed by atoms with Gasteiger partial charge in [0, 0.05) is 25.3 Å². The fraction of sp³-hybridized carbons (Fsp3) is 0.391. The number of hydrogen-bond acceptors (Lipinski definition) is 5. The van der Waals surface area contributed by atoms with Crippen LogP contribution in [0, 0.1) is 6.92 Å². The first-order chi connectivity index (χ1) is 15.4. The molecule has 0 radical (unpaired) electrons. The Balaban J connectivity index is 1.32. The molecule has 7 nitrogen and oxygen atoms in total. The first-order valence-corrected chi connectivity index (χ1v) is 13.4. The molecule has 1 saturated heterocycles. The lowest BCUT2D eigenvalue weighted by Crippen LogP contribution is -2.37. The van der Waals surface area contributed by atoms with Crippen molar-refractivity contribution in [1.82, 2.24) is 14.3 Å². The van der Waals surface area contributed by atoms with E-state index in [4.69, 9.17) is 0 Å². The van der Waals surface area contributed by atoms with Crippen molar-refractivity contribution in [3.63, 3.8) is 0 Å². The van der Waals surface area contributed by atoms with Gasteiger partial charge in [0.05, 0.1) is 21.7 Å². The Labute approximate surface area is 192 Å². The molecule has 1 N–H and O–H groups in total. The predicted octanol–water partition coefficient (Wildman–Crippen LogP) is 3.73. The van der Waals surface area contributed by atoms with Crippen molar-refractivity contribution in [2.75, 3.05) is 30.3 Å². The molecule has 0 saturated carbocycles. The van der Waals surface area contributed by atoms with Gasteiger partial charge in [0.2, 0.25) is 15.9 Å². The highest BCUT2D eigenvalue weighted by atomic mass is 32.2. The third-order valence-corrected chi connectivity index (χ3v) is 8.87. The zero-order valence-electron chi connectivity index (χ0n) is 18.0. The fourth-order valence-electron chi connectivity index (χ4n) is 4.45. The summed E-state index contributed by atoms with van der Waals surface area (Å²) in [5.74, 6) is 0.272. The molecule has 1 amide bonds. The summed E-state index contributed by atoms with van der Waals surface area (Å²) in [4.78, 5) is 23.0. The minimum atomic E-state index is -3.46. The highest BCUT2D eigenvalue weighted by Crippen LogP contribution is 2.32. The number of H-pyrrole nitrogens is 1. The number of fused-ring (bicyclic) bond motifs is 2. The zero-order chi connectivity index (χ0) is 22.3. The molecule has 3 heterocycles. The Hall–Kier alpha value is -2.36. The topological polar surface area (TPSA) is 86.4 Å². The second kappa shape index (κ2) is 8.53. The van der Waals surface area contributed by atoms with E-state index < -0.39 is 10.0 Å². The third-order valence-electron chi connectivity index (χ3n) is 6.12. The van der Waals surface area contributed by atoms with Crippen LogP contribution in [0.3, 0.4) is 0 Å². The number of aryl methyl sites for hydroxylation is 2. The van der Waals surface area contributed by atoms with Crippen molar-refractivity contribution < 1.29 is 13.2 Å². The maximum absolute atomic E-state index is 13.0. The van der Waals surface area contributed by atoms with Gasteiger partial charge in [0.1, 0.15) is 0 Å². The number of benzene rings is 2. The Morgan fingerprint density at radius 2 is 1.91 bits per heavy atom. The molecule has 2 aliphatic rings. The molecule has 2 aromatic carbocycles. The number of nitrogens with zero attached hydrogens (tertiary/aromatic N) is 3. The van der Waals surface area contributed by atoms with Gasteiger partial charge in [0.25, 0.3) is 0 Å². The average Bonchev–Trinajstić information content (AvgIpc) is 3.46. The molecule has 0 aliphatic carbocycles. The molecule has 168 valence electrons. The van der Waals surface area contributed by atoms with E-state index in [1.165, 1.54) is 11.8 Å². The molecule has 0 atom stereocenters. The van der Waals surface area contributed by atoms with E-state index in [9.17, 15) is 13.2 Å². The number of anilines is 1. The Bertz CT molecular complexity index is 1280. The number of amides is 1. The van der Waals surface area contributed by atoms with E-state index in [-0.39, 0.29) is 11.7 Å². The lowest BCUT2D eigenvalue weighted by Gasteiger charge is -2.30. The van der Waals surface area contributed by atoms with E-state index in [1.807, 2.05) is 25.1 Å². The molecule has 1 fully saturated rings. The van der Waals surface area contributed by atoms with Gasteiger partial charge in [-0.1, -0.05) is 17.8 Å². The van der Waals surface area contributed by atoms with Crippen LogP contribution in [0.25, 0.3) is 11.0 Å². The number of carbonyl (C=O) groups is 1. The number of rotatable bonds is 5. The normalized spacial score (nSPS) is 17.1. The molecule has 1 aromatic heterocycles. The van der Waals surface area contributed by atoms with Crippen LogP contribution in [0.15, 0.2) is 46.5 Å². The minimum absolute atomic E-state index is 0.00253. The molecule has 3 aromatic rings. The van der Waals surface area contributed by atoms with Crippen molar-refractivity contribution in [2.45, 2.75) is 42.7 Å². The third kappa shape index (κ3) is 4.04. The average molecular weight is 471 g/mol. The summed E-state index contributed by atoms with van der Waals surface area (Å²) in [7, 11) is -3.46. The molecule has 0 bridgehead atoms.